The van der Waals surface area contributed by atoms with Gasteiger partial charge in [-0.15, -0.1) is 11.3 Å². The number of aromatic nitrogens is 1. The lowest BCUT2D eigenvalue weighted by molar-refractivity contribution is -0.137. The third-order valence-corrected chi connectivity index (χ3v) is 4.29. The van der Waals surface area contributed by atoms with E-state index in [-0.39, 0.29) is 0 Å². The van der Waals surface area contributed by atoms with Crippen molar-refractivity contribution in [2.45, 2.75) is 12.6 Å². The molecule has 2 aromatic carbocycles. The molecule has 6 heteroatoms. The van der Waals surface area contributed by atoms with Crippen molar-refractivity contribution in [2.75, 3.05) is 7.11 Å². The number of rotatable bonds is 3. The van der Waals surface area contributed by atoms with Gasteiger partial charge in [0.25, 0.3) is 0 Å². The van der Waals surface area contributed by atoms with E-state index in [1.807, 2.05) is 18.2 Å². The molecule has 0 atom stereocenters. The first-order chi connectivity index (χ1) is 10.5. The Labute approximate surface area is 129 Å². The highest BCUT2D eigenvalue weighted by Crippen LogP contribution is 2.30. The maximum Gasteiger partial charge on any atom is 0.416 e. The summed E-state index contributed by atoms with van der Waals surface area (Å²) < 4.78 is 43.8. The van der Waals surface area contributed by atoms with Crippen molar-refractivity contribution in [2.24, 2.45) is 0 Å². The van der Waals surface area contributed by atoms with Crippen molar-refractivity contribution in [3.05, 3.63) is 58.6 Å². The summed E-state index contributed by atoms with van der Waals surface area (Å²) in [5, 5.41) is 0.864. The first-order valence-electron chi connectivity index (χ1n) is 6.55. The van der Waals surface area contributed by atoms with Gasteiger partial charge in [0.2, 0.25) is 0 Å². The Morgan fingerprint density at radius 2 is 1.82 bits per heavy atom. The largest absolute Gasteiger partial charge is 0.497 e. The van der Waals surface area contributed by atoms with Crippen LogP contribution >= 0.6 is 11.3 Å². The molecular formula is C16H12F3NOS. The van der Waals surface area contributed by atoms with E-state index in [0.29, 0.717) is 6.42 Å². The number of hydrogen-bond donors (Lipinski definition) is 0. The zero-order valence-electron chi connectivity index (χ0n) is 11.6. The van der Waals surface area contributed by atoms with Crippen molar-refractivity contribution >= 4 is 21.6 Å². The van der Waals surface area contributed by atoms with Crippen molar-refractivity contribution in [1.29, 1.82) is 0 Å². The van der Waals surface area contributed by atoms with Crippen LogP contribution in [-0.4, -0.2) is 12.1 Å². The van der Waals surface area contributed by atoms with Gasteiger partial charge in [-0.25, -0.2) is 4.98 Å². The average Bonchev–Trinajstić information content (AvgIpc) is 2.88. The van der Waals surface area contributed by atoms with Gasteiger partial charge in [-0.3, -0.25) is 0 Å². The van der Waals surface area contributed by atoms with Crippen LogP contribution in [0.1, 0.15) is 16.1 Å². The van der Waals surface area contributed by atoms with Gasteiger partial charge in [0, 0.05) is 6.42 Å². The third kappa shape index (κ3) is 3.06. The molecule has 114 valence electrons. The maximum absolute atomic E-state index is 12.5. The van der Waals surface area contributed by atoms with Gasteiger partial charge in [-0.05, 0) is 35.9 Å². The van der Waals surface area contributed by atoms with Gasteiger partial charge in [0.1, 0.15) is 5.75 Å². The zero-order valence-corrected chi connectivity index (χ0v) is 12.5. The second-order valence-electron chi connectivity index (χ2n) is 4.81. The molecule has 0 amide bonds. The third-order valence-electron chi connectivity index (χ3n) is 3.28. The van der Waals surface area contributed by atoms with Crippen molar-refractivity contribution in [3.63, 3.8) is 0 Å². The first kappa shape index (κ1) is 14.8. The summed E-state index contributed by atoms with van der Waals surface area (Å²) >= 11 is 1.52. The molecular weight excluding hydrogens is 311 g/mol. The molecule has 1 heterocycles. The number of hydrogen-bond acceptors (Lipinski definition) is 3. The Balaban J connectivity index is 1.83. The molecule has 3 aromatic rings. The SMILES string of the molecule is COc1ccc2nc(Cc3ccc(C(F)(F)F)cc3)sc2c1. The Bertz CT molecular complexity index is 793. The minimum Gasteiger partial charge on any atom is -0.497 e. The summed E-state index contributed by atoms with van der Waals surface area (Å²) in [4.78, 5) is 4.50. The summed E-state index contributed by atoms with van der Waals surface area (Å²) in [5.74, 6) is 0.761. The summed E-state index contributed by atoms with van der Waals surface area (Å²) in [5.41, 5.74) is 1.04. The minimum absolute atomic E-state index is 0.514. The molecule has 0 saturated carbocycles. The van der Waals surface area contributed by atoms with Crippen LogP contribution < -0.4 is 4.74 Å². The standard InChI is InChI=1S/C16H12F3NOS/c1-21-12-6-7-13-14(9-12)22-15(20-13)8-10-2-4-11(5-3-10)16(17,18)19/h2-7,9H,8H2,1H3. The Hall–Kier alpha value is -2.08. The van der Waals surface area contributed by atoms with Crippen LogP contribution in [-0.2, 0) is 12.6 Å². The Morgan fingerprint density at radius 1 is 1.09 bits per heavy atom. The molecule has 0 unspecified atom stereocenters. The molecule has 0 saturated heterocycles. The number of halogens is 3. The normalized spacial score (nSPS) is 11.8. The molecule has 1 aromatic heterocycles. The molecule has 0 aliphatic rings. The van der Waals surface area contributed by atoms with Crippen LogP contribution in [0.4, 0.5) is 13.2 Å². The summed E-state index contributed by atoms with van der Waals surface area (Å²) in [6.45, 7) is 0. The highest BCUT2D eigenvalue weighted by Gasteiger charge is 2.29. The van der Waals surface area contributed by atoms with Gasteiger partial charge in [-0.1, -0.05) is 12.1 Å². The highest BCUT2D eigenvalue weighted by molar-refractivity contribution is 7.18. The van der Waals surface area contributed by atoms with Gasteiger partial charge in [0.05, 0.1) is 27.9 Å². The van der Waals surface area contributed by atoms with Crippen molar-refractivity contribution < 1.29 is 17.9 Å². The molecule has 0 bridgehead atoms. The van der Waals surface area contributed by atoms with E-state index in [0.717, 1.165) is 38.7 Å². The van der Waals surface area contributed by atoms with E-state index in [2.05, 4.69) is 4.98 Å². The fourth-order valence-electron chi connectivity index (χ4n) is 2.14. The van der Waals surface area contributed by atoms with E-state index in [4.69, 9.17) is 4.74 Å². The topological polar surface area (TPSA) is 22.1 Å². The molecule has 22 heavy (non-hydrogen) atoms. The Morgan fingerprint density at radius 3 is 2.45 bits per heavy atom. The fourth-order valence-corrected chi connectivity index (χ4v) is 3.17. The highest BCUT2D eigenvalue weighted by atomic mass is 32.1. The van der Waals surface area contributed by atoms with E-state index in [9.17, 15) is 13.2 Å². The van der Waals surface area contributed by atoms with E-state index in [1.54, 1.807) is 7.11 Å². The van der Waals surface area contributed by atoms with E-state index < -0.39 is 11.7 Å². The van der Waals surface area contributed by atoms with Crippen molar-refractivity contribution in [1.82, 2.24) is 4.98 Å². The number of ether oxygens (including phenoxy) is 1. The molecule has 2 nitrogen and oxygen atoms in total. The van der Waals surface area contributed by atoms with Gasteiger partial charge in [-0.2, -0.15) is 13.2 Å². The summed E-state index contributed by atoms with van der Waals surface area (Å²) in [6, 6.07) is 10.8. The predicted octanol–water partition coefficient (Wildman–Crippen LogP) is 4.91. The quantitative estimate of drug-likeness (QED) is 0.683. The van der Waals surface area contributed by atoms with Crippen LogP contribution in [0.25, 0.3) is 10.2 Å². The number of benzene rings is 2. The van der Waals surface area contributed by atoms with Crippen LogP contribution in [0, 0.1) is 0 Å². The molecule has 3 rings (SSSR count). The van der Waals surface area contributed by atoms with Crippen LogP contribution in [0.5, 0.6) is 5.75 Å². The maximum atomic E-state index is 12.5. The second kappa shape index (κ2) is 5.61. The minimum atomic E-state index is -4.30. The number of nitrogens with zero attached hydrogens (tertiary/aromatic N) is 1. The molecule has 0 N–H and O–H groups in total. The molecule has 0 spiro atoms. The molecule has 0 radical (unpaired) electrons. The molecule has 0 aliphatic carbocycles. The number of thiazole rings is 1. The monoisotopic (exact) mass is 323 g/mol. The van der Waals surface area contributed by atoms with Crippen LogP contribution in [0.3, 0.4) is 0 Å². The number of fused-ring (bicyclic) bond motifs is 1. The van der Waals surface area contributed by atoms with Crippen LogP contribution in [0.2, 0.25) is 0 Å². The molecule has 0 aliphatic heterocycles. The van der Waals surface area contributed by atoms with Crippen LogP contribution in [0.15, 0.2) is 42.5 Å². The lowest BCUT2D eigenvalue weighted by Crippen LogP contribution is -2.04. The molecule has 0 fully saturated rings. The Kier molecular flexibility index (Phi) is 3.78. The van der Waals surface area contributed by atoms with Gasteiger partial charge >= 0.3 is 6.18 Å². The second-order valence-corrected chi connectivity index (χ2v) is 5.93. The van der Waals surface area contributed by atoms with Gasteiger partial charge in [0.15, 0.2) is 0 Å². The predicted molar refractivity (Wildman–Crippen MR) is 80.4 cm³/mol. The van der Waals surface area contributed by atoms with Gasteiger partial charge < -0.3 is 4.74 Å². The van der Waals surface area contributed by atoms with E-state index in [1.165, 1.54) is 23.5 Å². The fraction of sp³-hybridized carbons (Fsp3) is 0.188. The van der Waals surface area contributed by atoms with E-state index >= 15 is 0 Å². The zero-order chi connectivity index (χ0) is 15.7. The van der Waals surface area contributed by atoms with Crippen molar-refractivity contribution in [3.8, 4) is 5.75 Å². The first-order valence-corrected chi connectivity index (χ1v) is 7.37. The number of alkyl halides is 3. The lowest BCUT2D eigenvalue weighted by Gasteiger charge is -2.06. The lowest BCUT2D eigenvalue weighted by atomic mass is 10.1. The summed E-state index contributed by atoms with van der Waals surface area (Å²) in [6.07, 6.45) is -3.79. The average molecular weight is 323 g/mol. The number of methoxy groups -OCH3 is 1. The smallest absolute Gasteiger partial charge is 0.416 e. The summed E-state index contributed by atoms with van der Waals surface area (Å²) in [7, 11) is 1.60.